The first kappa shape index (κ1) is 15.9. The molecule has 1 aromatic carbocycles. The molecule has 0 aromatic heterocycles. The van der Waals surface area contributed by atoms with Crippen LogP contribution in [0.5, 0.6) is 0 Å². The second-order valence-electron chi connectivity index (χ2n) is 5.21. The van der Waals surface area contributed by atoms with Crippen molar-refractivity contribution in [1.29, 1.82) is 0 Å². The number of carbonyl (C=O) groups excluding carboxylic acids is 2. The number of nitrogens with one attached hydrogen (secondary N) is 1. The lowest BCUT2D eigenvalue weighted by Crippen LogP contribution is -2.57. The fourth-order valence-electron chi connectivity index (χ4n) is 2.74. The van der Waals surface area contributed by atoms with Crippen LogP contribution in [-0.4, -0.2) is 35.9 Å². The fourth-order valence-corrected chi connectivity index (χ4v) is 3.11. The molecule has 0 spiro atoms. The van der Waals surface area contributed by atoms with Gasteiger partial charge in [-0.2, -0.15) is 11.8 Å². The van der Waals surface area contributed by atoms with E-state index >= 15 is 0 Å². The van der Waals surface area contributed by atoms with Crippen molar-refractivity contribution in [2.24, 2.45) is 0 Å². The molecule has 0 atom stereocenters. The molecule has 0 aliphatic carbocycles. The predicted molar refractivity (Wildman–Crippen MR) is 88.0 cm³/mol. The summed E-state index contributed by atoms with van der Waals surface area (Å²) in [5.41, 5.74) is 0.502. The highest BCUT2D eigenvalue weighted by Crippen LogP contribution is 2.30. The molecule has 0 fully saturated rings. The number of hydrogen-bond acceptors (Lipinski definition) is 3. The van der Waals surface area contributed by atoms with Crippen molar-refractivity contribution in [3.63, 3.8) is 0 Å². The van der Waals surface area contributed by atoms with Gasteiger partial charge in [0, 0.05) is 12.3 Å². The van der Waals surface area contributed by atoms with Crippen LogP contribution in [0.1, 0.15) is 37.0 Å². The van der Waals surface area contributed by atoms with Crippen molar-refractivity contribution in [2.45, 2.75) is 32.2 Å². The van der Waals surface area contributed by atoms with Crippen LogP contribution in [0.2, 0.25) is 0 Å². The quantitative estimate of drug-likeness (QED) is 0.910. The third kappa shape index (κ3) is 2.79. The molecule has 2 rings (SSSR count). The van der Waals surface area contributed by atoms with Crippen molar-refractivity contribution in [2.75, 3.05) is 23.5 Å². The summed E-state index contributed by atoms with van der Waals surface area (Å²) in [6, 6.07) is 7.34. The normalized spacial score (nSPS) is 17.2. The SMILES string of the molecule is CCC1(CC)NC(=O)c2ccccc2N(CCSC)C1=O. The molecule has 0 saturated carbocycles. The van der Waals surface area contributed by atoms with Crippen LogP contribution in [0.25, 0.3) is 0 Å². The highest BCUT2D eigenvalue weighted by atomic mass is 32.2. The first-order valence-electron chi connectivity index (χ1n) is 7.32. The number of benzene rings is 1. The van der Waals surface area contributed by atoms with Gasteiger partial charge >= 0.3 is 0 Å². The number of carbonyl (C=O) groups is 2. The molecular weight excluding hydrogens is 284 g/mol. The van der Waals surface area contributed by atoms with Gasteiger partial charge in [-0.05, 0) is 31.2 Å². The zero-order chi connectivity index (χ0) is 15.5. The molecule has 0 saturated heterocycles. The average molecular weight is 306 g/mol. The summed E-state index contributed by atoms with van der Waals surface area (Å²) in [6.45, 7) is 4.52. The standard InChI is InChI=1S/C16H22N2O2S/c1-4-16(5-2)15(20)18(10-11-21-3)13-9-7-6-8-12(13)14(19)17-16/h6-9H,4-5,10-11H2,1-3H3,(H,17,19). The van der Waals surface area contributed by atoms with Gasteiger partial charge in [-0.1, -0.05) is 26.0 Å². The number of thioether (sulfide) groups is 1. The van der Waals surface area contributed by atoms with E-state index in [-0.39, 0.29) is 11.8 Å². The number of nitrogens with zero attached hydrogens (tertiary/aromatic N) is 1. The highest BCUT2D eigenvalue weighted by molar-refractivity contribution is 7.98. The summed E-state index contributed by atoms with van der Waals surface area (Å²) in [5.74, 6) is 0.687. The summed E-state index contributed by atoms with van der Waals surface area (Å²) in [4.78, 5) is 27.3. The smallest absolute Gasteiger partial charge is 0.254 e. The van der Waals surface area contributed by atoms with Gasteiger partial charge in [0.25, 0.3) is 11.8 Å². The molecule has 4 nitrogen and oxygen atoms in total. The van der Waals surface area contributed by atoms with E-state index in [2.05, 4.69) is 5.32 Å². The van der Waals surface area contributed by atoms with E-state index in [9.17, 15) is 9.59 Å². The van der Waals surface area contributed by atoms with E-state index in [1.165, 1.54) is 0 Å². The highest BCUT2D eigenvalue weighted by Gasteiger charge is 2.43. The lowest BCUT2D eigenvalue weighted by molar-refractivity contribution is -0.124. The zero-order valence-electron chi connectivity index (χ0n) is 12.8. The second-order valence-corrected chi connectivity index (χ2v) is 6.20. The van der Waals surface area contributed by atoms with Gasteiger partial charge in [0.1, 0.15) is 5.54 Å². The Morgan fingerprint density at radius 2 is 1.86 bits per heavy atom. The van der Waals surface area contributed by atoms with Gasteiger partial charge in [0.2, 0.25) is 0 Å². The first-order chi connectivity index (χ1) is 10.1. The molecule has 114 valence electrons. The maximum Gasteiger partial charge on any atom is 0.254 e. The summed E-state index contributed by atoms with van der Waals surface area (Å²) in [5, 5.41) is 2.97. The fraction of sp³-hybridized carbons (Fsp3) is 0.500. The topological polar surface area (TPSA) is 49.4 Å². The molecule has 1 N–H and O–H groups in total. The number of amides is 2. The van der Waals surface area contributed by atoms with Crippen LogP contribution in [0, 0.1) is 0 Å². The third-order valence-corrected chi connectivity index (χ3v) is 4.76. The van der Waals surface area contributed by atoms with E-state index < -0.39 is 5.54 Å². The Hall–Kier alpha value is -1.49. The molecule has 2 amide bonds. The van der Waals surface area contributed by atoms with Gasteiger partial charge in [-0.3, -0.25) is 9.59 Å². The lowest BCUT2D eigenvalue weighted by Gasteiger charge is -2.33. The molecule has 1 aliphatic rings. The Bertz CT molecular complexity index is 541. The van der Waals surface area contributed by atoms with Gasteiger partial charge < -0.3 is 10.2 Å². The molecule has 0 bridgehead atoms. The molecule has 0 unspecified atom stereocenters. The van der Waals surface area contributed by atoms with E-state index in [4.69, 9.17) is 0 Å². The lowest BCUT2D eigenvalue weighted by atomic mass is 9.91. The molecule has 5 heteroatoms. The maximum absolute atomic E-state index is 13.0. The number of anilines is 1. The zero-order valence-corrected chi connectivity index (χ0v) is 13.6. The molecule has 1 aromatic rings. The summed E-state index contributed by atoms with van der Waals surface area (Å²) < 4.78 is 0. The summed E-state index contributed by atoms with van der Waals surface area (Å²) in [7, 11) is 0. The Labute approximate surface area is 130 Å². The Morgan fingerprint density at radius 3 is 2.48 bits per heavy atom. The number of para-hydroxylation sites is 1. The van der Waals surface area contributed by atoms with Crippen molar-refractivity contribution in [1.82, 2.24) is 5.32 Å². The average Bonchev–Trinajstić information content (AvgIpc) is 2.61. The van der Waals surface area contributed by atoms with Crippen molar-refractivity contribution < 1.29 is 9.59 Å². The van der Waals surface area contributed by atoms with Gasteiger partial charge in [0.05, 0.1) is 11.3 Å². The minimum Gasteiger partial charge on any atom is -0.338 e. The summed E-state index contributed by atoms with van der Waals surface area (Å²) >= 11 is 1.70. The van der Waals surface area contributed by atoms with E-state index in [0.717, 1.165) is 11.4 Å². The van der Waals surface area contributed by atoms with Gasteiger partial charge in [-0.25, -0.2) is 0 Å². The van der Waals surface area contributed by atoms with E-state index in [1.54, 1.807) is 22.7 Å². The molecule has 1 heterocycles. The molecule has 21 heavy (non-hydrogen) atoms. The maximum atomic E-state index is 13.0. The summed E-state index contributed by atoms with van der Waals surface area (Å²) in [6.07, 6.45) is 3.21. The van der Waals surface area contributed by atoms with Gasteiger partial charge in [0.15, 0.2) is 0 Å². The van der Waals surface area contributed by atoms with E-state index in [0.29, 0.717) is 24.9 Å². The molecule has 0 radical (unpaired) electrons. The van der Waals surface area contributed by atoms with Crippen molar-refractivity contribution in [3.8, 4) is 0 Å². The minimum absolute atomic E-state index is 0.000139. The minimum atomic E-state index is -0.797. The van der Waals surface area contributed by atoms with E-state index in [1.807, 2.05) is 38.3 Å². The molecule has 1 aliphatic heterocycles. The Kier molecular flexibility index (Phi) is 4.93. The van der Waals surface area contributed by atoms with Crippen molar-refractivity contribution in [3.05, 3.63) is 29.8 Å². The number of hydrogen-bond donors (Lipinski definition) is 1. The monoisotopic (exact) mass is 306 g/mol. The van der Waals surface area contributed by atoms with Gasteiger partial charge in [-0.15, -0.1) is 0 Å². The second kappa shape index (κ2) is 6.52. The van der Waals surface area contributed by atoms with Crippen molar-refractivity contribution >= 4 is 29.3 Å². The Morgan fingerprint density at radius 1 is 1.19 bits per heavy atom. The predicted octanol–water partition coefficient (Wildman–Crippen LogP) is 2.68. The van der Waals surface area contributed by atoms with Crippen LogP contribution in [0.4, 0.5) is 5.69 Å². The van der Waals surface area contributed by atoms with Crippen LogP contribution in [-0.2, 0) is 4.79 Å². The van der Waals surface area contributed by atoms with Crippen LogP contribution >= 0.6 is 11.8 Å². The van der Waals surface area contributed by atoms with Crippen LogP contribution in [0.3, 0.4) is 0 Å². The molecular formula is C16H22N2O2S. The largest absolute Gasteiger partial charge is 0.338 e. The number of rotatable bonds is 5. The van der Waals surface area contributed by atoms with Crippen LogP contribution in [0.15, 0.2) is 24.3 Å². The third-order valence-electron chi connectivity index (χ3n) is 4.17. The number of fused-ring (bicyclic) bond motifs is 1. The van der Waals surface area contributed by atoms with Crippen LogP contribution < -0.4 is 10.2 Å². The first-order valence-corrected chi connectivity index (χ1v) is 8.71. The Balaban J connectivity index is 2.54.